The fourth-order valence-electron chi connectivity index (χ4n) is 3.21. The Hall–Kier alpha value is -1.70. The topological polar surface area (TPSA) is 83.1 Å². The van der Waals surface area contributed by atoms with E-state index in [9.17, 15) is 13.2 Å². The van der Waals surface area contributed by atoms with E-state index in [0.717, 1.165) is 0 Å². The number of aromatic nitrogens is 2. The summed E-state index contributed by atoms with van der Waals surface area (Å²) in [4.78, 5) is 12.8. The first-order valence-electron chi connectivity index (χ1n) is 7.78. The second-order valence-corrected chi connectivity index (χ2v) is 7.98. The van der Waals surface area contributed by atoms with Crippen LogP contribution in [0.3, 0.4) is 0 Å². The molecule has 1 aromatic carbocycles. The van der Waals surface area contributed by atoms with Crippen molar-refractivity contribution >= 4 is 27.4 Å². The molecule has 2 heterocycles. The summed E-state index contributed by atoms with van der Waals surface area (Å²) in [5.74, 6) is -0.243. The third-order valence-corrected chi connectivity index (χ3v) is 6.54. The molecule has 8 heteroatoms. The fourth-order valence-corrected chi connectivity index (χ4v) is 5.24. The molecule has 128 valence electrons. The number of carbonyl (C=O) groups is 1. The lowest BCUT2D eigenvalue weighted by Gasteiger charge is -2.38. The second kappa shape index (κ2) is 6.31. The van der Waals surface area contributed by atoms with Crippen LogP contribution in [0.1, 0.15) is 48.8 Å². The first kappa shape index (κ1) is 17.1. The molecule has 6 nitrogen and oxygen atoms in total. The Morgan fingerprint density at radius 3 is 2.38 bits per heavy atom. The van der Waals surface area contributed by atoms with E-state index in [1.54, 1.807) is 6.92 Å². The zero-order chi connectivity index (χ0) is 17.5. The van der Waals surface area contributed by atoms with Gasteiger partial charge in [0.15, 0.2) is 5.78 Å². The molecule has 0 spiro atoms. The normalized spacial score (nSPS) is 21.7. The van der Waals surface area contributed by atoms with Crippen molar-refractivity contribution in [3.8, 4) is 0 Å². The Morgan fingerprint density at radius 2 is 1.79 bits per heavy atom. The van der Waals surface area contributed by atoms with Crippen molar-refractivity contribution in [3.63, 3.8) is 0 Å². The third kappa shape index (κ3) is 2.56. The van der Waals surface area contributed by atoms with Crippen molar-refractivity contribution in [2.24, 2.45) is 0 Å². The monoisotopic (exact) mass is 367 g/mol. The molecule has 0 saturated carbocycles. The molecule has 1 aromatic heterocycles. The molecule has 3 rings (SSSR count). The van der Waals surface area contributed by atoms with Crippen LogP contribution in [0.25, 0.3) is 0 Å². The number of nitrogens with one attached hydrogen (secondary N) is 1. The summed E-state index contributed by atoms with van der Waals surface area (Å²) in [6.07, 6.45) is 2.47. The molecular weight excluding hydrogens is 350 g/mol. The largest absolute Gasteiger partial charge is 0.291 e. The first-order valence-corrected chi connectivity index (χ1v) is 9.60. The standard InChI is InChI=1S/C16H18ClN3O3S/c1-3-13-12-9-18-19-15(12)16(21)14(4-2)20(13)24(22,23)11-7-5-10(17)6-8-11/h5-9,13-14H,3-4H2,1-2H3,(H,18,19)/t13-,14+/m0/s1. The number of ketones is 1. The molecule has 1 N–H and O–H groups in total. The van der Waals surface area contributed by atoms with Gasteiger partial charge in [-0.1, -0.05) is 25.4 Å². The lowest BCUT2D eigenvalue weighted by atomic mass is 9.92. The number of benzene rings is 1. The molecule has 0 radical (unpaired) electrons. The number of sulfonamides is 1. The Kier molecular flexibility index (Phi) is 4.50. The van der Waals surface area contributed by atoms with E-state index in [2.05, 4.69) is 10.2 Å². The van der Waals surface area contributed by atoms with Gasteiger partial charge in [-0.25, -0.2) is 8.42 Å². The molecule has 2 aromatic rings. The third-order valence-electron chi connectivity index (χ3n) is 4.35. The molecule has 0 bridgehead atoms. The van der Waals surface area contributed by atoms with Gasteiger partial charge in [-0.2, -0.15) is 9.40 Å². The molecule has 2 atom stereocenters. The fraction of sp³-hybridized carbons (Fsp3) is 0.375. The summed E-state index contributed by atoms with van der Waals surface area (Å²) in [5, 5.41) is 7.11. The number of hydrogen-bond acceptors (Lipinski definition) is 4. The van der Waals surface area contributed by atoms with Gasteiger partial charge in [-0.05, 0) is 37.1 Å². The minimum atomic E-state index is -3.84. The van der Waals surface area contributed by atoms with E-state index in [0.29, 0.717) is 29.1 Å². The molecule has 0 fully saturated rings. The number of fused-ring (bicyclic) bond motifs is 1. The van der Waals surface area contributed by atoms with Crippen LogP contribution >= 0.6 is 11.6 Å². The second-order valence-electron chi connectivity index (χ2n) is 5.70. The Morgan fingerprint density at radius 1 is 1.17 bits per heavy atom. The number of hydrogen-bond donors (Lipinski definition) is 1. The van der Waals surface area contributed by atoms with Gasteiger partial charge in [0.2, 0.25) is 10.0 Å². The summed E-state index contributed by atoms with van der Waals surface area (Å²) >= 11 is 5.86. The first-order chi connectivity index (χ1) is 11.4. The van der Waals surface area contributed by atoms with Crippen molar-refractivity contribution < 1.29 is 13.2 Å². The quantitative estimate of drug-likeness (QED) is 0.899. The number of halogens is 1. The van der Waals surface area contributed by atoms with Crippen molar-refractivity contribution in [2.45, 2.75) is 43.7 Å². The molecule has 0 amide bonds. The zero-order valence-electron chi connectivity index (χ0n) is 13.4. The predicted octanol–water partition coefficient (Wildman–Crippen LogP) is 3.18. The summed E-state index contributed by atoms with van der Waals surface area (Å²) in [6.45, 7) is 3.70. The van der Waals surface area contributed by atoms with Crippen LogP contribution < -0.4 is 0 Å². The Balaban J connectivity index is 2.16. The number of carbonyl (C=O) groups excluding carboxylic acids is 1. The summed E-state index contributed by atoms with van der Waals surface area (Å²) in [7, 11) is -3.84. The minimum absolute atomic E-state index is 0.128. The predicted molar refractivity (Wildman–Crippen MR) is 90.5 cm³/mol. The number of Topliss-reactive ketones (excluding diaryl/α,β-unsaturated/α-hetero) is 1. The maximum absolute atomic E-state index is 13.2. The van der Waals surface area contributed by atoms with Gasteiger partial charge in [0, 0.05) is 10.6 Å². The lowest BCUT2D eigenvalue weighted by molar-refractivity contribution is 0.0821. The Labute approximate surface area is 145 Å². The number of rotatable bonds is 4. The molecule has 24 heavy (non-hydrogen) atoms. The van der Waals surface area contributed by atoms with Crippen molar-refractivity contribution in [1.82, 2.24) is 14.5 Å². The average Bonchev–Trinajstić information content (AvgIpc) is 3.05. The van der Waals surface area contributed by atoms with Gasteiger partial charge in [0.05, 0.1) is 23.2 Å². The summed E-state index contributed by atoms with van der Waals surface area (Å²) < 4.78 is 27.8. The number of aromatic amines is 1. The Bertz CT molecular complexity index is 861. The molecule has 1 aliphatic heterocycles. The molecule has 1 aliphatic rings. The van der Waals surface area contributed by atoms with Crippen LogP contribution in [0.5, 0.6) is 0 Å². The smallest absolute Gasteiger partial charge is 0.244 e. The van der Waals surface area contributed by atoms with Crippen LogP contribution in [0.15, 0.2) is 35.4 Å². The minimum Gasteiger partial charge on any atom is -0.291 e. The summed E-state index contributed by atoms with van der Waals surface area (Å²) in [6, 6.07) is 4.82. The van der Waals surface area contributed by atoms with E-state index in [1.807, 2.05) is 6.92 Å². The summed E-state index contributed by atoms with van der Waals surface area (Å²) in [5.41, 5.74) is 1.04. The van der Waals surface area contributed by atoms with Gasteiger partial charge in [0.1, 0.15) is 5.69 Å². The highest BCUT2D eigenvalue weighted by atomic mass is 35.5. The van der Waals surface area contributed by atoms with Crippen LogP contribution in [-0.2, 0) is 10.0 Å². The van der Waals surface area contributed by atoms with E-state index >= 15 is 0 Å². The van der Waals surface area contributed by atoms with Gasteiger partial charge in [-0.15, -0.1) is 0 Å². The highest BCUT2D eigenvalue weighted by Crippen LogP contribution is 2.39. The van der Waals surface area contributed by atoms with Gasteiger partial charge >= 0.3 is 0 Å². The van der Waals surface area contributed by atoms with Crippen molar-refractivity contribution in [1.29, 1.82) is 0 Å². The van der Waals surface area contributed by atoms with E-state index in [-0.39, 0.29) is 10.7 Å². The van der Waals surface area contributed by atoms with E-state index in [1.165, 1.54) is 34.8 Å². The van der Waals surface area contributed by atoms with Gasteiger partial charge in [0.25, 0.3) is 0 Å². The molecule has 0 unspecified atom stereocenters. The lowest BCUT2D eigenvalue weighted by Crippen LogP contribution is -2.50. The molecule has 0 aliphatic carbocycles. The van der Waals surface area contributed by atoms with Gasteiger partial charge < -0.3 is 0 Å². The van der Waals surface area contributed by atoms with Crippen LogP contribution in [0.4, 0.5) is 0 Å². The molecular formula is C16H18ClN3O3S. The van der Waals surface area contributed by atoms with Crippen molar-refractivity contribution in [2.75, 3.05) is 0 Å². The zero-order valence-corrected chi connectivity index (χ0v) is 14.9. The maximum atomic E-state index is 13.2. The number of H-pyrrole nitrogens is 1. The van der Waals surface area contributed by atoms with E-state index < -0.39 is 22.1 Å². The SMILES string of the molecule is CC[C@@H]1C(=O)c2[nH]ncc2[C@H](CC)N1S(=O)(=O)c1ccc(Cl)cc1. The van der Waals surface area contributed by atoms with Crippen LogP contribution in [0.2, 0.25) is 5.02 Å². The molecule has 0 saturated heterocycles. The van der Waals surface area contributed by atoms with Crippen molar-refractivity contribution in [3.05, 3.63) is 46.7 Å². The highest BCUT2D eigenvalue weighted by molar-refractivity contribution is 7.89. The van der Waals surface area contributed by atoms with E-state index in [4.69, 9.17) is 11.6 Å². The maximum Gasteiger partial charge on any atom is 0.244 e. The van der Waals surface area contributed by atoms with Crippen LogP contribution in [-0.4, -0.2) is 34.7 Å². The highest BCUT2D eigenvalue weighted by Gasteiger charge is 2.46. The van der Waals surface area contributed by atoms with Crippen LogP contribution in [0, 0.1) is 0 Å². The number of nitrogens with zero attached hydrogens (tertiary/aromatic N) is 2. The van der Waals surface area contributed by atoms with Gasteiger partial charge in [-0.3, -0.25) is 9.89 Å². The average molecular weight is 368 g/mol.